The Balaban J connectivity index is 1.46. The molecule has 41 heavy (non-hydrogen) atoms. The van der Waals surface area contributed by atoms with Crippen molar-refractivity contribution in [3.63, 3.8) is 0 Å². The number of thioether (sulfide) groups is 1. The first-order valence-corrected chi connectivity index (χ1v) is 14.4. The fourth-order valence-electron chi connectivity index (χ4n) is 5.37. The molecule has 5 rings (SSSR count). The number of likely N-dealkylation sites (tertiary alicyclic amines) is 1. The second-order valence-electron chi connectivity index (χ2n) is 9.85. The molecule has 2 atom stereocenters. The minimum Gasteiger partial charge on any atom is -0.497 e. The van der Waals surface area contributed by atoms with Crippen molar-refractivity contribution in [2.75, 3.05) is 20.8 Å². The Labute approximate surface area is 245 Å². The first-order chi connectivity index (χ1) is 20.0. The van der Waals surface area contributed by atoms with Crippen molar-refractivity contribution in [3.8, 4) is 5.75 Å². The average molecular weight is 568 g/mol. The molecular formula is C34H33NO5S. The van der Waals surface area contributed by atoms with Crippen molar-refractivity contribution in [1.29, 1.82) is 0 Å². The molecular weight excluding hydrogens is 534 g/mol. The molecule has 0 spiro atoms. The summed E-state index contributed by atoms with van der Waals surface area (Å²) in [6.45, 7) is 0.438. The quantitative estimate of drug-likeness (QED) is 0.166. The molecule has 4 aromatic rings. The van der Waals surface area contributed by atoms with E-state index in [9.17, 15) is 9.59 Å². The second kappa shape index (κ2) is 13.0. The standard InChI is InChI=1S/C34H33NO5S/c1-38-29-20-18-25(19-21-29)24-40-33(37)35-23-30(22-31(35)32(36)39-2)41-34(26-12-6-3-7-13-26,27-14-8-4-9-15-27)28-16-10-5-11-17-28/h3-21,30-31H,22-24H2,1-2H3. The maximum absolute atomic E-state index is 13.4. The van der Waals surface area contributed by atoms with Crippen molar-refractivity contribution in [2.45, 2.75) is 29.1 Å². The highest BCUT2D eigenvalue weighted by Crippen LogP contribution is 2.52. The Bertz CT molecular complexity index is 1330. The number of hydrogen-bond acceptors (Lipinski definition) is 6. The molecule has 1 saturated heterocycles. The Hall–Kier alpha value is -4.23. The maximum atomic E-state index is 13.4. The van der Waals surface area contributed by atoms with Gasteiger partial charge in [0.05, 0.1) is 19.0 Å². The van der Waals surface area contributed by atoms with Gasteiger partial charge in [-0.1, -0.05) is 103 Å². The Morgan fingerprint density at radius 3 is 1.76 bits per heavy atom. The second-order valence-corrected chi connectivity index (χ2v) is 11.4. The number of carbonyl (C=O) groups excluding carboxylic acids is 2. The molecule has 0 aromatic heterocycles. The smallest absolute Gasteiger partial charge is 0.410 e. The SMILES string of the molecule is COC(=O)C1CC(SC(c2ccccc2)(c2ccccc2)c2ccccc2)CN1C(=O)OCc1ccc(OC)cc1. The topological polar surface area (TPSA) is 65.1 Å². The van der Waals surface area contributed by atoms with Crippen LogP contribution in [0.5, 0.6) is 5.75 Å². The number of hydrogen-bond donors (Lipinski definition) is 0. The number of nitrogens with zero attached hydrogens (tertiary/aromatic N) is 1. The van der Waals surface area contributed by atoms with Gasteiger partial charge < -0.3 is 14.2 Å². The van der Waals surface area contributed by atoms with E-state index in [-0.39, 0.29) is 11.9 Å². The third-order valence-electron chi connectivity index (χ3n) is 7.38. The molecule has 1 fully saturated rings. The predicted molar refractivity (Wildman–Crippen MR) is 161 cm³/mol. The summed E-state index contributed by atoms with van der Waals surface area (Å²) in [5.74, 6) is 0.281. The van der Waals surface area contributed by atoms with Crippen LogP contribution >= 0.6 is 11.8 Å². The van der Waals surface area contributed by atoms with Crippen LogP contribution in [0, 0.1) is 0 Å². The molecule has 0 saturated carbocycles. The van der Waals surface area contributed by atoms with Gasteiger partial charge in [-0.05, 0) is 40.8 Å². The lowest BCUT2D eigenvalue weighted by atomic mass is 9.84. The third kappa shape index (κ3) is 6.10. The molecule has 1 amide bonds. The van der Waals surface area contributed by atoms with Crippen molar-refractivity contribution in [1.82, 2.24) is 4.90 Å². The van der Waals surface area contributed by atoms with Crippen LogP contribution in [-0.2, 0) is 25.6 Å². The largest absolute Gasteiger partial charge is 0.497 e. The molecule has 4 aromatic carbocycles. The predicted octanol–water partition coefficient (Wildman–Crippen LogP) is 6.67. The summed E-state index contributed by atoms with van der Waals surface area (Å²) in [4.78, 5) is 27.8. The number of ether oxygens (including phenoxy) is 3. The van der Waals surface area contributed by atoms with E-state index in [4.69, 9.17) is 14.2 Å². The number of esters is 1. The molecule has 0 aliphatic carbocycles. The first-order valence-electron chi connectivity index (χ1n) is 13.5. The van der Waals surface area contributed by atoms with E-state index in [1.807, 2.05) is 78.9 Å². The summed E-state index contributed by atoms with van der Waals surface area (Å²) < 4.78 is 15.4. The number of amides is 1. The van der Waals surface area contributed by atoms with Crippen LogP contribution in [0.25, 0.3) is 0 Å². The van der Waals surface area contributed by atoms with E-state index in [0.29, 0.717) is 13.0 Å². The summed E-state index contributed by atoms with van der Waals surface area (Å²) in [5, 5.41) is -0.0757. The van der Waals surface area contributed by atoms with E-state index >= 15 is 0 Å². The number of rotatable bonds is 9. The molecule has 2 unspecified atom stereocenters. The van der Waals surface area contributed by atoms with Crippen LogP contribution < -0.4 is 4.74 Å². The fourth-order valence-corrected chi connectivity index (χ4v) is 7.20. The maximum Gasteiger partial charge on any atom is 0.410 e. The summed E-state index contributed by atoms with van der Waals surface area (Å²) in [6.07, 6.45) is -0.0903. The molecule has 1 aliphatic heterocycles. The van der Waals surface area contributed by atoms with Crippen molar-refractivity contribution in [2.24, 2.45) is 0 Å². The van der Waals surface area contributed by atoms with E-state index in [1.54, 1.807) is 18.9 Å². The number of methoxy groups -OCH3 is 2. The zero-order valence-corrected chi connectivity index (χ0v) is 24.0. The summed E-state index contributed by atoms with van der Waals surface area (Å²) >= 11 is 1.76. The van der Waals surface area contributed by atoms with Crippen molar-refractivity contribution < 1.29 is 23.8 Å². The van der Waals surface area contributed by atoms with Crippen LogP contribution in [0.2, 0.25) is 0 Å². The van der Waals surface area contributed by atoms with Crippen molar-refractivity contribution in [3.05, 3.63) is 138 Å². The number of benzene rings is 4. The lowest BCUT2D eigenvalue weighted by Crippen LogP contribution is -2.41. The van der Waals surface area contributed by atoms with E-state index < -0.39 is 22.9 Å². The minimum absolute atomic E-state index is 0.0757. The van der Waals surface area contributed by atoms with Gasteiger partial charge in [-0.15, -0.1) is 11.8 Å². The zero-order valence-electron chi connectivity index (χ0n) is 23.1. The molecule has 0 N–H and O–H groups in total. The van der Waals surface area contributed by atoms with Gasteiger partial charge >= 0.3 is 12.1 Å². The van der Waals surface area contributed by atoms with Gasteiger partial charge in [0.1, 0.15) is 18.4 Å². The van der Waals surface area contributed by atoms with Crippen LogP contribution in [-0.4, -0.2) is 49.0 Å². The summed E-state index contributed by atoms with van der Waals surface area (Å²) in [7, 11) is 2.96. The van der Waals surface area contributed by atoms with Gasteiger partial charge in [0.25, 0.3) is 0 Å². The molecule has 6 nitrogen and oxygen atoms in total. The highest BCUT2D eigenvalue weighted by molar-refractivity contribution is 8.01. The lowest BCUT2D eigenvalue weighted by molar-refractivity contribution is -0.145. The highest BCUT2D eigenvalue weighted by atomic mass is 32.2. The third-order valence-corrected chi connectivity index (χ3v) is 9.11. The van der Waals surface area contributed by atoms with Crippen LogP contribution in [0.3, 0.4) is 0 Å². The lowest BCUT2D eigenvalue weighted by Gasteiger charge is -2.37. The van der Waals surface area contributed by atoms with Crippen molar-refractivity contribution >= 4 is 23.8 Å². The van der Waals surface area contributed by atoms with E-state index in [2.05, 4.69) is 36.4 Å². The zero-order chi connectivity index (χ0) is 28.7. The van der Waals surface area contributed by atoms with Gasteiger partial charge in [0.15, 0.2) is 0 Å². The van der Waals surface area contributed by atoms with Crippen LogP contribution in [0.15, 0.2) is 115 Å². The summed E-state index contributed by atoms with van der Waals surface area (Å²) in [6, 6.07) is 37.8. The average Bonchev–Trinajstić information content (AvgIpc) is 3.47. The minimum atomic E-state index is -0.735. The van der Waals surface area contributed by atoms with Gasteiger partial charge in [0.2, 0.25) is 0 Å². The molecule has 1 heterocycles. The summed E-state index contributed by atoms with van der Waals surface area (Å²) in [5.41, 5.74) is 4.20. The van der Waals surface area contributed by atoms with Crippen LogP contribution in [0.1, 0.15) is 28.7 Å². The Morgan fingerprint density at radius 1 is 0.780 bits per heavy atom. The van der Waals surface area contributed by atoms with Crippen LogP contribution in [0.4, 0.5) is 4.79 Å². The van der Waals surface area contributed by atoms with Gasteiger partial charge in [-0.3, -0.25) is 4.90 Å². The highest BCUT2D eigenvalue weighted by Gasteiger charge is 2.47. The molecule has 7 heteroatoms. The molecule has 1 aliphatic rings. The van der Waals surface area contributed by atoms with E-state index in [1.165, 1.54) is 12.0 Å². The molecule has 0 bridgehead atoms. The Morgan fingerprint density at radius 2 is 1.29 bits per heavy atom. The number of carbonyl (C=O) groups is 2. The van der Waals surface area contributed by atoms with Gasteiger partial charge in [0, 0.05) is 11.8 Å². The molecule has 210 valence electrons. The molecule has 0 radical (unpaired) electrons. The Kier molecular flexibility index (Phi) is 8.95. The van der Waals surface area contributed by atoms with Gasteiger partial charge in [-0.2, -0.15) is 0 Å². The fraction of sp³-hybridized carbons (Fsp3) is 0.235. The normalized spacial score (nSPS) is 16.7. The van der Waals surface area contributed by atoms with Gasteiger partial charge in [-0.25, -0.2) is 9.59 Å². The first kappa shape index (κ1) is 28.3. The monoisotopic (exact) mass is 567 g/mol. The van der Waals surface area contributed by atoms with E-state index in [0.717, 1.165) is 28.0 Å².